The van der Waals surface area contributed by atoms with Crippen LogP contribution in [-0.4, -0.2) is 54.6 Å². The molecule has 2 aromatic carbocycles. The Kier molecular flexibility index (Phi) is 7.60. The Bertz CT molecular complexity index is 1370. The summed E-state index contributed by atoms with van der Waals surface area (Å²) in [6, 6.07) is 18.5. The Labute approximate surface area is 224 Å². The van der Waals surface area contributed by atoms with Gasteiger partial charge in [-0.1, -0.05) is 6.92 Å². The number of pyridine rings is 1. The molecule has 37 heavy (non-hydrogen) atoms. The number of hydrogen-bond donors (Lipinski definition) is 1. The summed E-state index contributed by atoms with van der Waals surface area (Å²) >= 11 is 3.46. The maximum Gasteiger partial charge on any atom is 0.270 e. The van der Waals surface area contributed by atoms with Gasteiger partial charge in [-0.2, -0.15) is 0 Å². The molecule has 0 bridgehead atoms. The molecule has 1 saturated heterocycles. The number of rotatable bonds is 8. The lowest BCUT2D eigenvalue weighted by molar-refractivity contribution is 0.0940. The van der Waals surface area contributed by atoms with Gasteiger partial charge in [0.25, 0.3) is 5.91 Å². The molecular formula is C28H29BrFN5O2. The lowest BCUT2D eigenvalue weighted by atomic mass is 10.2. The number of amides is 1. The number of anilines is 2. The van der Waals surface area contributed by atoms with Gasteiger partial charge in [-0.05, 0) is 83.0 Å². The third-order valence-electron chi connectivity index (χ3n) is 6.53. The van der Waals surface area contributed by atoms with E-state index in [0.29, 0.717) is 25.3 Å². The molecule has 0 saturated carbocycles. The van der Waals surface area contributed by atoms with E-state index in [9.17, 15) is 9.18 Å². The highest BCUT2D eigenvalue weighted by molar-refractivity contribution is 9.10. The molecule has 1 aliphatic rings. The van der Waals surface area contributed by atoms with Crippen LogP contribution < -0.4 is 19.9 Å². The van der Waals surface area contributed by atoms with E-state index in [0.717, 1.165) is 59.1 Å². The molecule has 7 nitrogen and oxygen atoms in total. The van der Waals surface area contributed by atoms with E-state index in [2.05, 4.69) is 48.2 Å². The summed E-state index contributed by atoms with van der Waals surface area (Å²) < 4.78 is 21.8. The number of aryl methyl sites for hydroxylation is 1. The summed E-state index contributed by atoms with van der Waals surface area (Å²) in [6.45, 7) is 6.29. The molecular weight excluding hydrogens is 537 g/mol. The van der Waals surface area contributed by atoms with Crippen LogP contribution in [0.15, 0.2) is 71.3 Å². The Morgan fingerprint density at radius 1 is 0.973 bits per heavy atom. The Morgan fingerprint density at radius 2 is 1.59 bits per heavy atom. The molecule has 9 heteroatoms. The zero-order valence-corrected chi connectivity index (χ0v) is 22.2. The number of aromatic nitrogens is 2. The van der Waals surface area contributed by atoms with Gasteiger partial charge < -0.3 is 19.9 Å². The minimum Gasteiger partial charge on any atom is -0.492 e. The van der Waals surface area contributed by atoms with Crippen molar-refractivity contribution in [3.05, 3.63) is 88.5 Å². The van der Waals surface area contributed by atoms with Crippen molar-refractivity contribution in [2.45, 2.75) is 13.3 Å². The third-order valence-corrected chi connectivity index (χ3v) is 7.00. The van der Waals surface area contributed by atoms with Crippen molar-refractivity contribution >= 4 is 38.9 Å². The number of nitrogens with one attached hydrogen (secondary N) is 1. The predicted molar refractivity (Wildman–Crippen MR) is 147 cm³/mol. The summed E-state index contributed by atoms with van der Waals surface area (Å²) in [4.78, 5) is 22.1. The van der Waals surface area contributed by atoms with Gasteiger partial charge in [0.2, 0.25) is 0 Å². The van der Waals surface area contributed by atoms with Crippen LogP contribution in [0.4, 0.5) is 15.8 Å². The smallest absolute Gasteiger partial charge is 0.270 e. The average Bonchev–Trinajstić information content (AvgIpc) is 3.30. The molecule has 0 unspecified atom stereocenters. The number of carbonyl (C=O) groups is 1. The predicted octanol–water partition coefficient (Wildman–Crippen LogP) is 4.93. The van der Waals surface area contributed by atoms with Crippen LogP contribution in [-0.2, 0) is 6.42 Å². The second kappa shape index (κ2) is 11.2. The summed E-state index contributed by atoms with van der Waals surface area (Å²) in [7, 11) is 0. The Balaban J connectivity index is 1.10. The Morgan fingerprint density at radius 3 is 2.22 bits per heavy atom. The average molecular weight is 566 g/mol. The normalized spacial score (nSPS) is 13.7. The van der Waals surface area contributed by atoms with Crippen molar-refractivity contribution in [2.24, 2.45) is 0 Å². The highest BCUT2D eigenvalue weighted by Gasteiger charge is 2.19. The Hall–Kier alpha value is -3.59. The van der Waals surface area contributed by atoms with Crippen LogP contribution in [0.2, 0.25) is 0 Å². The topological polar surface area (TPSA) is 62.1 Å². The fraction of sp³-hybridized carbons (Fsp3) is 0.286. The van der Waals surface area contributed by atoms with Crippen molar-refractivity contribution < 1.29 is 13.9 Å². The van der Waals surface area contributed by atoms with Crippen LogP contribution in [0.5, 0.6) is 5.75 Å². The zero-order valence-electron chi connectivity index (χ0n) is 20.7. The van der Waals surface area contributed by atoms with Crippen LogP contribution in [0, 0.1) is 5.82 Å². The zero-order chi connectivity index (χ0) is 25.8. The number of hydrogen-bond acceptors (Lipinski definition) is 5. The third kappa shape index (κ3) is 5.72. The maximum absolute atomic E-state index is 13.2. The van der Waals surface area contributed by atoms with Crippen molar-refractivity contribution in [1.29, 1.82) is 0 Å². The second-order valence-electron chi connectivity index (χ2n) is 8.88. The van der Waals surface area contributed by atoms with Crippen LogP contribution in [0.25, 0.3) is 5.65 Å². The van der Waals surface area contributed by atoms with Crippen molar-refractivity contribution in [1.82, 2.24) is 14.7 Å². The number of nitrogens with zero attached hydrogens (tertiary/aromatic N) is 4. The van der Waals surface area contributed by atoms with E-state index in [-0.39, 0.29) is 11.7 Å². The fourth-order valence-electron chi connectivity index (χ4n) is 4.60. The second-order valence-corrected chi connectivity index (χ2v) is 9.80. The number of imidazole rings is 1. The molecule has 0 aliphatic carbocycles. The highest BCUT2D eigenvalue weighted by Crippen LogP contribution is 2.23. The number of piperazine rings is 1. The van der Waals surface area contributed by atoms with Gasteiger partial charge in [-0.3, -0.25) is 9.20 Å². The van der Waals surface area contributed by atoms with E-state index >= 15 is 0 Å². The van der Waals surface area contributed by atoms with E-state index < -0.39 is 0 Å². The molecule has 4 aromatic rings. The van der Waals surface area contributed by atoms with E-state index in [1.807, 2.05) is 53.9 Å². The minimum atomic E-state index is -0.210. The SMILES string of the molecule is CCc1nc2ccc(Br)cn2c1C(=O)NCCOc1ccc(N2CCN(c3ccc(F)cc3)CC2)cc1. The monoisotopic (exact) mass is 565 g/mol. The molecule has 5 rings (SSSR count). The molecule has 0 atom stereocenters. The fourth-order valence-corrected chi connectivity index (χ4v) is 4.94. The van der Waals surface area contributed by atoms with Gasteiger partial charge >= 0.3 is 0 Å². The molecule has 1 fully saturated rings. The summed E-state index contributed by atoms with van der Waals surface area (Å²) in [5.74, 6) is 0.384. The minimum absolute atomic E-state index is 0.166. The van der Waals surface area contributed by atoms with Crippen LogP contribution in [0.1, 0.15) is 23.1 Å². The van der Waals surface area contributed by atoms with Crippen LogP contribution in [0.3, 0.4) is 0 Å². The van der Waals surface area contributed by atoms with Gasteiger partial charge in [-0.15, -0.1) is 0 Å². The number of ether oxygens (including phenoxy) is 1. The van der Waals surface area contributed by atoms with E-state index in [4.69, 9.17) is 4.74 Å². The van der Waals surface area contributed by atoms with Crippen molar-refractivity contribution in [2.75, 3.05) is 49.1 Å². The molecule has 192 valence electrons. The van der Waals surface area contributed by atoms with E-state index in [1.165, 1.54) is 12.1 Å². The first-order valence-corrected chi connectivity index (χ1v) is 13.2. The highest BCUT2D eigenvalue weighted by atomic mass is 79.9. The lowest BCUT2D eigenvalue weighted by Crippen LogP contribution is -2.46. The maximum atomic E-state index is 13.2. The van der Waals surface area contributed by atoms with Gasteiger partial charge in [0.05, 0.1) is 12.2 Å². The van der Waals surface area contributed by atoms with E-state index in [1.54, 1.807) is 0 Å². The van der Waals surface area contributed by atoms with Crippen molar-refractivity contribution in [3.63, 3.8) is 0 Å². The summed E-state index contributed by atoms with van der Waals surface area (Å²) in [5, 5.41) is 2.95. The number of benzene rings is 2. The first-order chi connectivity index (χ1) is 18.0. The molecule has 0 spiro atoms. The van der Waals surface area contributed by atoms with Gasteiger partial charge in [0.15, 0.2) is 0 Å². The quantitative estimate of drug-likeness (QED) is 0.307. The first-order valence-electron chi connectivity index (χ1n) is 12.4. The largest absolute Gasteiger partial charge is 0.492 e. The molecule has 2 aromatic heterocycles. The van der Waals surface area contributed by atoms with Crippen LogP contribution >= 0.6 is 15.9 Å². The molecule has 0 radical (unpaired) electrons. The standard InChI is InChI=1S/C28H29BrFN5O2/c1-2-25-27(35-19-20(29)3-12-26(35)32-25)28(36)31-13-18-37-24-10-8-23(9-11-24)34-16-14-33(15-17-34)22-6-4-21(30)5-7-22/h3-12,19H,2,13-18H2,1H3,(H,31,36). The molecule has 1 amide bonds. The van der Waals surface area contributed by atoms with Gasteiger partial charge in [0.1, 0.15) is 29.5 Å². The molecule has 1 N–H and O–H groups in total. The molecule has 1 aliphatic heterocycles. The summed E-state index contributed by atoms with van der Waals surface area (Å²) in [6.07, 6.45) is 2.53. The summed E-state index contributed by atoms with van der Waals surface area (Å²) in [5.41, 5.74) is 4.27. The first kappa shape index (κ1) is 25.1. The lowest BCUT2D eigenvalue weighted by Gasteiger charge is -2.37. The van der Waals surface area contributed by atoms with Gasteiger partial charge in [-0.25, -0.2) is 9.37 Å². The van der Waals surface area contributed by atoms with Gasteiger partial charge in [0, 0.05) is 48.2 Å². The number of fused-ring (bicyclic) bond motifs is 1. The number of carbonyl (C=O) groups excluding carboxylic acids is 1. The number of halogens is 2. The molecule has 3 heterocycles. The van der Waals surface area contributed by atoms with Crippen molar-refractivity contribution in [3.8, 4) is 5.75 Å².